The Balaban J connectivity index is 1.80. The normalized spacial score (nSPS) is 9.74. The SMILES string of the molecule is Cc1cc(C(=O)Nc2cccc(C#N)c2)nc(Nc2ccc(C#N)cc2)n1. The topological polar surface area (TPSA) is 114 Å². The van der Waals surface area contributed by atoms with Crippen LogP contribution in [0, 0.1) is 29.6 Å². The number of aromatic nitrogens is 2. The number of aryl methyl sites for hydroxylation is 1. The van der Waals surface area contributed by atoms with Crippen molar-refractivity contribution in [3.05, 3.63) is 77.1 Å². The number of carbonyl (C=O) groups is 1. The van der Waals surface area contributed by atoms with Crippen LogP contribution in [0.15, 0.2) is 54.6 Å². The van der Waals surface area contributed by atoms with Gasteiger partial charge in [0.15, 0.2) is 0 Å². The lowest BCUT2D eigenvalue weighted by molar-refractivity contribution is 0.102. The monoisotopic (exact) mass is 354 g/mol. The van der Waals surface area contributed by atoms with E-state index in [4.69, 9.17) is 10.5 Å². The molecule has 3 aromatic rings. The molecule has 0 saturated heterocycles. The van der Waals surface area contributed by atoms with Gasteiger partial charge in [-0.1, -0.05) is 6.07 Å². The third kappa shape index (κ3) is 4.44. The van der Waals surface area contributed by atoms with E-state index in [1.54, 1.807) is 61.5 Å². The molecule has 0 atom stereocenters. The molecule has 1 amide bonds. The van der Waals surface area contributed by atoms with Gasteiger partial charge in [-0.3, -0.25) is 4.79 Å². The van der Waals surface area contributed by atoms with Crippen molar-refractivity contribution < 1.29 is 4.79 Å². The zero-order chi connectivity index (χ0) is 19.2. The van der Waals surface area contributed by atoms with Crippen LogP contribution in [0.5, 0.6) is 0 Å². The number of nitrogens with one attached hydrogen (secondary N) is 2. The van der Waals surface area contributed by atoms with E-state index < -0.39 is 5.91 Å². The first-order valence-corrected chi connectivity index (χ1v) is 8.02. The predicted octanol–water partition coefficient (Wildman–Crippen LogP) is 3.52. The third-order valence-electron chi connectivity index (χ3n) is 3.61. The smallest absolute Gasteiger partial charge is 0.274 e. The quantitative estimate of drug-likeness (QED) is 0.741. The Morgan fingerprint density at radius 2 is 1.67 bits per heavy atom. The molecule has 7 heteroatoms. The summed E-state index contributed by atoms with van der Waals surface area (Å²) in [5.74, 6) is -0.130. The fraction of sp³-hybridized carbons (Fsp3) is 0.0500. The molecule has 0 spiro atoms. The van der Waals surface area contributed by atoms with Gasteiger partial charge in [0.2, 0.25) is 5.95 Å². The van der Waals surface area contributed by atoms with Gasteiger partial charge in [0, 0.05) is 17.1 Å². The first-order valence-electron chi connectivity index (χ1n) is 8.02. The number of hydrogen-bond donors (Lipinski definition) is 2. The highest BCUT2D eigenvalue weighted by Crippen LogP contribution is 2.16. The van der Waals surface area contributed by atoms with Crippen molar-refractivity contribution >= 4 is 23.2 Å². The Labute approximate surface area is 155 Å². The van der Waals surface area contributed by atoms with Crippen LogP contribution >= 0.6 is 0 Å². The molecule has 130 valence electrons. The molecule has 7 nitrogen and oxygen atoms in total. The van der Waals surface area contributed by atoms with Gasteiger partial charge >= 0.3 is 0 Å². The molecule has 1 heterocycles. The molecule has 2 aromatic carbocycles. The molecule has 0 aliphatic heterocycles. The maximum Gasteiger partial charge on any atom is 0.274 e. The van der Waals surface area contributed by atoms with Gasteiger partial charge in [0.05, 0.1) is 23.3 Å². The van der Waals surface area contributed by atoms with Crippen molar-refractivity contribution in [1.82, 2.24) is 9.97 Å². The van der Waals surface area contributed by atoms with E-state index in [9.17, 15) is 4.79 Å². The Morgan fingerprint density at radius 1 is 0.926 bits per heavy atom. The second-order valence-electron chi connectivity index (χ2n) is 5.68. The van der Waals surface area contributed by atoms with E-state index in [1.165, 1.54) is 0 Å². The minimum atomic E-state index is -0.404. The number of amides is 1. The number of anilines is 3. The average Bonchev–Trinajstić information content (AvgIpc) is 2.68. The Kier molecular flexibility index (Phi) is 5.06. The highest BCUT2D eigenvalue weighted by atomic mass is 16.1. The van der Waals surface area contributed by atoms with Crippen molar-refractivity contribution in [1.29, 1.82) is 10.5 Å². The molecule has 0 radical (unpaired) electrons. The molecular formula is C20H14N6O. The van der Waals surface area contributed by atoms with Gasteiger partial charge in [-0.25, -0.2) is 9.97 Å². The first kappa shape index (κ1) is 17.6. The number of hydrogen-bond acceptors (Lipinski definition) is 6. The first-order chi connectivity index (χ1) is 13.1. The molecule has 0 fully saturated rings. The minimum absolute atomic E-state index is 0.195. The van der Waals surface area contributed by atoms with Crippen LogP contribution in [0.4, 0.5) is 17.3 Å². The molecule has 0 aliphatic carbocycles. The summed E-state index contributed by atoms with van der Waals surface area (Å²) in [5.41, 5.74) is 3.03. The number of nitrogens with zero attached hydrogens (tertiary/aromatic N) is 4. The molecule has 3 rings (SSSR count). The van der Waals surface area contributed by atoms with E-state index in [2.05, 4.69) is 26.7 Å². The molecule has 0 aliphatic rings. The van der Waals surface area contributed by atoms with Gasteiger partial charge in [0.25, 0.3) is 5.91 Å². The Bertz CT molecular complexity index is 1080. The van der Waals surface area contributed by atoms with Gasteiger partial charge in [-0.15, -0.1) is 0 Å². The van der Waals surface area contributed by atoms with Gasteiger partial charge in [-0.05, 0) is 55.5 Å². The Morgan fingerprint density at radius 3 is 2.37 bits per heavy atom. The average molecular weight is 354 g/mol. The summed E-state index contributed by atoms with van der Waals surface area (Å²) in [7, 11) is 0. The highest BCUT2D eigenvalue weighted by molar-refractivity contribution is 6.03. The van der Waals surface area contributed by atoms with Crippen LogP contribution in [0.2, 0.25) is 0 Å². The van der Waals surface area contributed by atoms with E-state index in [1.807, 2.05) is 6.07 Å². The fourth-order valence-electron chi connectivity index (χ4n) is 2.36. The lowest BCUT2D eigenvalue weighted by Gasteiger charge is -2.09. The van der Waals surface area contributed by atoms with Crippen LogP contribution in [-0.4, -0.2) is 15.9 Å². The summed E-state index contributed by atoms with van der Waals surface area (Å²) in [6, 6.07) is 19.1. The largest absolute Gasteiger partial charge is 0.324 e. The molecule has 2 N–H and O–H groups in total. The summed E-state index contributed by atoms with van der Waals surface area (Å²) >= 11 is 0. The summed E-state index contributed by atoms with van der Waals surface area (Å²) < 4.78 is 0. The van der Waals surface area contributed by atoms with Crippen LogP contribution in [0.25, 0.3) is 0 Å². The Hall–Kier alpha value is -4.23. The lowest BCUT2D eigenvalue weighted by Crippen LogP contribution is -2.15. The molecule has 0 saturated carbocycles. The lowest BCUT2D eigenvalue weighted by atomic mass is 10.2. The highest BCUT2D eigenvalue weighted by Gasteiger charge is 2.11. The van der Waals surface area contributed by atoms with Crippen LogP contribution in [-0.2, 0) is 0 Å². The van der Waals surface area contributed by atoms with Crippen molar-refractivity contribution in [2.24, 2.45) is 0 Å². The zero-order valence-electron chi connectivity index (χ0n) is 14.4. The standard InChI is InChI=1S/C20H14N6O/c1-13-9-18(19(27)24-17-4-2-3-15(10-17)12-22)26-20(23-13)25-16-7-5-14(11-21)6-8-16/h2-10H,1H3,(H,24,27)(H,23,25,26). The third-order valence-corrected chi connectivity index (χ3v) is 3.61. The summed E-state index contributed by atoms with van der Waals surface area (Å²) in [5, 5.41) is 23.5. The van der Waals surface area contributed by atoms with Gasteiger partial charge < -0.3 is 10.6 Å². The van der Waals surface area contributed by atoms with E-state index >= 15 is 0 Å². The van der Waals surface area contributed by atoms with Crippen LogP contribution < -0.4 is 10.6 Å². The molecule has 27 heavy (non-hydrogen) atoms. The predicted molar refractivity (Wildman–Crippen MR) is 100 cm³/mol. The summed E-state index contributed by atoms with van der Waals surface area (Å²) in [6.45, 7) is 1.76. The number of rotatable bonds is 4. The van der Waals surface area contributed by atoms with Crippen molar-refractivity contribution in [3.63, 3.8) is 0 Å². The summed E-state index contributed by atoms with van der Waals surface area (Å²) in [6.07, 6.45) is 0. The molecule has 1 aromatic heterocycles. The van der Waals surface area contributed by atoms with Crippen molar-refractivity contribution in [3.8, 4) is 12.1 Å². The summed E-state index contributed by atoms with van der Waals surface area (Å²) in [4.78, 5) is 21.0. The minimum Gasteiger partial charge on any atom is -0.324 e. The second kappa shape index (κ2) is 7.77. The van der Waals surface area contributed by atoms with E-state index in [-0.39, 0.29) is 11.6 Å². The second-order valence-corrected chi connectivity index (χ2v) is 5.68. The number of carbonyl (C=O) groups excluding carboxylic acids is 1. The van der Waals surface area contributed by atoms with Gasteiger partial charge in [-0.2, -0.15) is 10.5 Å². The van der Waals surface area contributed by atoms with Crippen molar-refractivity contribution in [2.45, 2.75) is 6.92 Å². The maximum atomic E-state index is 12.5. The molecular weight excluding hydrogens is 340 g/mol. The fourth-order valence-corrected chi connectivity index (χ4v) is 2.36. The van der Waals surface area contributed by atoms with Crippen LogP contribution in [0.1, 0.15) is 27.3 Å². The maximum absolute atomic E-state index is 12.5. The van der Waals surface area contributed by atoms with Crippen LogP contribution in [0.3, 0.4) is 0 Å². The molecule has 0 unspecified atom stereocenters. The van der Waals surface area contributed by atoms with E-state index in [0.717, 1.165) is 0 Å². The number of benzene rings is 2. The van der Waals surface area contributed by atoms with Crippen molar-refractivity contribution in [2.75, 3.05) is 10.6 Å². The molecule has 0 bridgehead atoms. The van der Waals surface area contributed by atoms with Gasteiger partial charge in [0.1, 0.15) is 5.69 Å². The zero-order valence-corrected chi connectivity index (χ0v) is 14.4. The number of nitriles is 2. The van der Waals surface area contributed by atoms with E-state index in [0.29, 0.717) is 28.2 Å².